The lowest BCUT2D eigenvalue weighted by Gasteiger charge is -2.04. The summed E-state index contributed by atoms with van der Waals surface area (Å²) < 4.78 is 1.26. The normalized spacial score (nSPS) is 10.5. The third-order valence-electron chi connectivity index (χ3n) is 1.74. The van der Waals surface area contributed by atoms with Crippen molar-refractivity contribution in [3.8, 4) is 11.5 Å². The lowest BCUT2D eigenvalue weighted by molar-refractivity contribution is 1.12. The van der Waals surface area contributed by atoms with Crippen LogP contribution in [0.15, 0.2) is 27.3 Å². The molecule has 2 rings (SSSR count). The molecule has 0 fully saturated rings. The maximum Gasteiger partial charge on any atom is 0.182 e. The van der Waals surface area contributed by atoms with Crippen molar-refractivity contribution in [3.63, 3.8) is 0 Å². The fourth-order valence-corrected chi connectivity index (χ4v) is 2.05. The van der Waals surface area contributed by atoms with Gasteiger partial charge in [-0.25, -0.2) is 9.97 Å². The summed E-state index contributed by atoms with van der Waals surface area (Å²) in [6, 6.07) is 3.64. The van der Waals surface area contributed by atoms with Crippen molar-refractivity contribution in [2.75, 3.05) is 0 Å². The van der Waals surface area contributed by atoms with E-state index in [1.165, 1.54) is 0 Å². The molecule has 2 aromatic heterocycles. The molecular formula is C9H3Br2Cl2N3. The van der Waals surface area contributed by atoms with Crippen LogP contribution >= 0.6 is 55.1 Å². The molecular weight excluding hydrogens is 381 g/mol. The molecule has 3 nitrogen and oxygen atoms in total. The van der Waals surface area contributed by atoms with Crippen LogP contribution in [0.1, 0.15) is 0 Å². The van der Waals surface area contributed by atoms with Gasteiger partial charge in [-0.3, -0.25) is 4.98 Å². The van der Waals surface area contributed by atoms with Crippen LogP contribution in [-0.4, -0.2) is 15.0 Å². The summed E-state index contributed by atoms with van der Waals surface area (Å²) in [4.78, 5) is 12.3. The second-order valence-corrected chi connectivity index (χ2v) is 5.14. The summed E-state index contributed by atoms with van der Waals surface area (Å²) in [5.74, 6) is 0.380. The maximum atomic E-state index is 5.90. The molecule has 0 amide bonds. The fourth-order valence-electron chi connectivity index (χ4n) is 1.05. The van der Waals surface area contributed by atoms with Gasteiger partial charge in [0.1, 0.15) is 16.0 Å². The molecule has 16 heavy (non-hydrogen) atoms. The van der Waals surface area contributed by atoms with Crippen LogP contribution in [0.2, 0.25) is 10.3 Å². The first-order chi connectivity index (χ1) is 7.59. The molecule has 0 bridgehead atoms. The van der Waals surface area contributed by atoms with Gasteiger partial charge in [0.05, 0.1) is 4.47 Å². The zero-order valence-electron chi connectivity index (χ0n) is 7.59. The number of halogens is 4. The highest BCUT2D eigenvalue weighted by Gasteiger charge is 2.13. The van der Waals surface area contributed by atoms with Crippen molar-refractivity contribution in [1.29, 1.82) is 0 Å². The molecule has 2 aromatic rings. The largest absolute Gasteiger partial charge is 0.252 e. The second-order valence-electron chi connectivity index (χ2n) is 2.78. The molecule has 0 radical (unpaired) electrons. The Kier molecular flexibility index (Phi) is 3.79. The van der Waals surface area contributed by atoms with Gasteiger partial charge in [-0.1, -0.05) is 23.2 Å². The minimum atomic E-state index is 0.257. The molecule has 0 spiro atoms. The summed E-state index contributed by atoms with van der Waals surface area (Å²) in [6.07, 6.45) is 1.65. The Morgan fingerprint density at radius 3 is 2.25 bits per heavy atom. The Labute approximate surface area is 118 Å². The highest BCUT2D eigenvalue weighted by molar-refractivity contribution is 9.11. The van der Waals surface area contributed by atoms with Gasteiger partial charge in [0, 0.05) is 10.7 Å². The Morgan fingerprint density at radius 1 is 1.06 bits per heavy atom. The quantitative estimate of drug-likeness (QED) is 0.686. The van der Waals surface area contributed by atoms with Crippen LogP contribution in [0.4, 0.5) is 0 Å². The monoisotopic (exact) mass is 381 g/mol. The highest BCUT2D eigenvalue weighted by Crippen LogP contribution is 2.31. The third-order valence-corrected chi connectivity index (χ3v) is 4.14. The van der Waals surface area contributed by atoms with Gasteiger partial charge in [0.2, 0.25) is 0 Å². The van der Waals surface area contributed by atoms with Gasteiger partial charge in [0.25, 0.3) is 0 Å². The first kappa shape index (κ1) is 12.2. The SMILES string of the molecule is Clc1nc(-c2ncccc2Br)nc(Cl)c1Br. The minimum absolute atomic E-state index is 0.257. The van der Waals surface area contributed by atoms with Crippen LogP contribution in [0.25, 0.3) is 11.5 Å². The first-order valence-electron chi connectivity index (χ1n) is 4.09. The first-order valence-corrected chi connectivity index (χ1v) is 6.43. The van der Waals surface area contributed by atoms with Gasteiger partial charge in [0.15, 0.2) is 5.82 Å². The molecule has 0 aliphatic heterocycles. The number of hydrogen-bond donors (Lipinski definition) is 0. The van der Waals surface area contributed by atoms with E-state index in [9.17, 15) is 0 Å². The smallest absolute Gasteiger partial charge is 0.182 e. The van der Waals surface area contributed by atoms with Gasteiger partial charge < -0.3 is 0 Å². The van der Waals surface area contributed by atoms with E-state index in [0.717, 1.165) is 4.47 Å². The summed E-state index contributed by atoms with van der Waals surface area (Å²) in [5, 5.41) is 0.514. The average molecular weight is 384 g/mol. The molecule has 0 N–H and O–H groups in total. The van der Waals surface area contributed by atoms with Crippen molar-refractivity contribution >= 4 is 55.1 Å². The van der Waals surface area contributed by atoms with Crippen LogP contribution in [-0.2, 0) is 0 Å². The van der Waals surface area contributed by atoms with Crippen molar-refractivity contribution in [2.45, 2.75) is 0 Å². The van der Waals surface area contributed by atoms with Crippen LogP contribution in [0.3, 0.4) is 0 Å². The molecule has 0 saturated carbocycles. The number of nitrogens with zero attached hydrogens (tertiary/aromatic N) is 3. The highest BCUT2D eigenvalue weighted by atomic mass is 79.9. The van der Waals surface area contributed by atoms with E-state index in [1.54, 1.807) is 12.3 Å². The topological polar surface area (TPSA) is 38.7 Å². The van der Waals surface area contributed by atoms with Gasteiger partial charge >= 0.3 is 0 Å². The van der Waals surface area contributed by atoms with Crippen molar-refractivity contribution < 1.29 is 0 Å². The van der Waals surface area contributed by atoms with Crippen LogP contribution < -0.4 is 0 Å². The lowest BCUT2D eigenvalue weighted by Crippen LogP contribution is -1.94. The summed E-state index contributed by atoms with van der Waals surface area (Å²) in [7, 11) is 0. The number of pyridine rings is 1. The fraction of sp³-hybridized carbons (Fsp3) is 0. The zero-order chi connectivity index (χ0) is 11.7. The number of aromatic nitrogens is 3. The minimum Gasteiger partial charge on any atom is -0.252 e. The van der Waals surface area contributed by atoms with Gasteiger partial charge in [-0.15, -0.1) is 0 Å². The lowest BCUT2D eigenvalue weighted by atomic mass is 10.3. The Morgan fingerprint density at radius 2 is 1.69 bits per heavy atom. The van der Waals surface area contributed by atoms with Crippen LogP contribution in [0, 0.1) is 0 Å². The maximum absolute atomic E-state index is 5.90. The summed E-state index contributed by atoms with van der Waals surface area (Å²) in [5.41, 5.74) is 0.596. The van der Waals surface area contributed by atoms with E-state index >= 15 is 0 Å². The van der Waals surface area contributed by atoms with E-state index < -0.39 is 0 Å². The summed E-state index contributed by atoms with van der Waals surface area (Å²) >= 11 is 18.3. The molecule has 0 aliphatic carbocycles. The number of rotatable bonds is 1. The number of hydrogen-bond acceptors (Lipinski definition) is 3. The molecule has 0 saturated heterocycles. The molecule has 0 atom stereocenters. The molecule has 0 aromatic carbocycles. The van der Waals surface area contributed by atoms with Crippen molar-refractivity contribution in [1.82, 2.24) is 15.0 Å². The molecule has 82 valence electrons. The Hall–Kier alpha value is -0.230. The molecule has 0 unspecified atom stereocenters. The van der Waals surface area contributed by atoms with E-state index in [2.05, 4.69) is 46.8 Å². The zero-order valence-corrected chi connectivity index (χ0v) is 12.3. The van der Waals surface area contributed by atoms with E-state index in [1.807, 2.05) is 6.07 Å². The predicted octanol–water partition coefficient (Wildman–Crippen LogP) is 4.37. The van der Waals surface area contributed by atoms with Crippen molar-refractivity contribution in [3.05, 3.63) is 37.6 Å². The van der Waals surface area contributed by atoms with Crippen LogP contribution in [0.5, 0.6) is 0 Å². The molecule has 0 aliphatic rings. The Balaban J connectivity index is 2.62. The second kappa shape index (κ2) is 4.96. The van der Waals surface area contributed by atoms with E-state index in [-0.39, 0.29) is 10.3 Å². The Bertz CT molecular complexity index is 525. The van der Waals surface area contributed by atoms with Gasteiger partial charge in [-0.2, -0.15) is 0 Å². The predicted molar refractivity (Wildman–Crippen MR) is 70.7 cm³/mol. The molecule has 2 heterocycles. The molecule has 7 heteroatoms. The van der Waals surface area contributed by atoms with E-state index in [0.29, 0.717) is 16.0 Å². The standard InChI is InChI=1S/C9H3Br2Cl2N3/c10-4-2-1-3-14-6(4)9-15-7(12)5(11)8(13)16-9/h1-3H. The van der Waals surface area contributed by atoms with E-state index in [4.69, 9.17) is 23.2 Å². The van der Waals surface area contributed by atoms with Gasteiger partial charge in [-0.05, 0) is 44.0 Å². The third kappa shape index (κ3) is 2.37. The average Bonchev–Trinajstić information content (AvgIpc) is 2.26. The van der Waals surface area contributed by atoms with Crippen molar-refractivity contribution in [2.24, 2.45) is 0 Å². The summed E-state index contributed by atoms with van der Waals surface area (Å²) in [6.45, 7) is 0.